The Hall–Kier alpha value is -0.933. The molecule has 1 aromatic rings. The van der Waals surface area contributed by atoms with Crippen LogP contribution in [-0.4, -0.2) is 45.2 Å². The average Bonchev–Trinajstić information content (AvgIpc) is 2.56. The number of hydrogen-bond acceptors (Lipinski definition) is 5. The van der Waals surface area contributed by atoms with Crippen LogP contribution < -0.4 is 0 Å². The number of nitrogens with zero attached hydrogens (tertiary/aromatic N) is 1. The summed E-state index contributed by atoms with van der Waals surface area (Å²) in [6.45, 7) is 8.34. The maximum atomic E-state index is 11.3. The summed E-state index contributed by atoms with van der Waals surface area (Å²) >= 11 is 2.30. The summed E-state index contributed by atoms with van der Waals surface area (Å²) in [6, 6.07) is 9.77. The minimum atomic E-state index is -0.789. The van der Waals surface area contributed by atoms with Crippen molar-refractivity contribution in [3.63, 3.8) is 0 Å². The molecule has 1 rings (SSSR count). The molecule has 0 aliphatic carbocycles. The molecule has 0 aliphatic heterocycles. The van der Waals surface area contributed by atoms with Crippen molar-refractivity contribution in [1.82, 2.24) is 0 Å². The number of esters is 1. The van der Waals surface area contributed by atoms with Crippen LogP contribution in [0.25, 0.3) is 0 Å². The molecular formula is C17H26INO4Si. The molecule has 7 heteroatoms. The van der Waals surface area contributed by atoms with E-state index >= 15 is 0 Å². The van der Waals surface area contributed by atoms with Gasteiger partial charge in [-0.1, -0.05) is 78.8 Å². The summed E-state index contributed by atoms with van der Waals surface area (Å²) in [6.07, 6.45) is 0. The van der Waals surface area contributed by atoms with Crippen LogP contribution in [0, 0.1) is 0 Å². The van der Waals surface area contributed by atoms with E-state index in [4.69, 9.17) is 9.26 Å². The van der Waals surface area contributed by atoms with Gasteiger partial charge < -0.3 is 14.0 Å². The summed E-state index contributed by atoms with van der Waals surface area (Å²) in [5, 5.41) is 4.40. The predicted molar refractivity (Wildman–Crippen MR) is 108 cm³/mol. The molecule has 0 spiro atoms. The summed E-state index contributed by atoms with van der Waals surface area (Å²) in [4.78, 5) is 16.5. The van der Waals surface area contributed by atoms with Crippen LogP contribution in [0.2, 0.25) is 5.04 Å². The quantitative estimate of drug-likeness (QED) is 0.149. The average molecular weight is 463 g/mol. The predicted octanol–water partition coefficient (Wildman–Crippen LogP) is 3.09. The topological polar surface area (TPSA) is 57.1 Å². The van der Waals surface area contributed by atoms with Gasteiger partial charge in [-0.25, -0.2) is 4.79 Å². The third-order valence-corrected chi connectivity index (χ3v) is 6.30. The number of rotatable bonds is 8. The second kappa shape index (κ2) is 9.52. The lowest BCUT2D eigenvalue weighted by molar-refractivity contribution is -0.145. The molecule has 0 N–H and O–H groups in total. The number of benzene rings is 1. The Morgan fingerprint density at radius 1 is 1.21 bits per heavy atom. The molecule has 1 aromatic carbocycles. The fraction of sp³-hybridized carbons (Fsp3) is 0.529. The van der Waals surface area contributed by atoms with Crippen molar-refractivity contribution in [2.75, 3.05) is 18.1 Å². The molecule has 0 bridgehead atoms. The highest BCUT2D eigenvalue weighted by atomic mass is 127. The van der Waals surface area contributed by atoms with Gasteiger partial charge in [-0.3, -0.25) is 0 Å². The monoisotopic (exact) mass is 463 g/mol. The molecule has 0 saturated carbocycles. The molecule has 1 unspecified atom stereocenters. The van der Waals surface area contributed by atoms with Crippen LogP contribution in [0.4, 0.5) is 0 Å². The van der Waals surface area contributed by atoms with Crippen molar-refractivity contribution in [1.29, 1.82) is 0 Å². The molecule has 0 aliphatic rings. The van der Waals surface area contributed by atoms with Gasteiger partial charge >= 0.3 is 5.97 Å². The molecule has 0 heterocycles. The zero-order valence-electron chi connectivity index (χ0n) is 15.0. The zero-order valence-corrected chi connectivity index (χ0v) is 18.5. The molecular weight excluding hydrogens is 437 g/mol. The van der Waals surface area contributed by atoms with Crippen molar-refractivity contribution in [2.45, 2.75) is 38.3 Å². The first-order valence-corrected chi connectivity index (χ1v) is 10.6. The van der Waals surface area contributed by atoms with Crippen LogP contribution in [0.3, 0.4) is 0 Å². The first-order chi connectivity index (χ1) is 11.2. The fourth-order valence-corrected chi connectivity index (χ4v) is 3.79. The second-order valence-corrected chi connectivity index (χ2v) is 10.3. The third kappa shape index (κ3) is 6.90. The zero-order chi connectivity index (χ0) is 18.2. The first kappa shape index (κ1) is 21.1. The largest absolute Gasteiger partial charge is 0.466 e. The summed E-state index contributed by atoms with van der Waals surface area (Å²) in [5.41, 5.74) is 1.04. The van der Waals surface area contributed by atoms with Crippen molar-refractivity contribution in [3.8, 4) is 0 Å². The van der Waals surface area contributed by atoms with Gasteiger partial charge in [0.1, 0.15) is 11.3 Å². The number of ether oxygens (including phenoxy) is 1. The second-order valence-electron chi connectivity index (χ2n) is 6.87. The lowest BCUT2D eigenvalue weighted by Gasteiger charge is -2.32. The summed E-state index contributed by atoms with van der Waals surface area (Å²) in [7, 11) is 0.531. The smallest absolute Gasteiger partial charge is 0.346 e. The highest BCUT2D eigenvalue weighted by Crippen LogP contribution is 2.27. The van der Waals surface area contributed by atoms with Gasteiger partial charge in [0.25, 0.3) is 0 Å². The van der Waals surface area contributed by atoms with E-state index in [-0.39, 0.29) is 11.6 Å². The highest BCUT2D eigenvalue weighted by molar-refractivity contribution is 14.1. The van der Waals surface area contributed by atoms with E-state index in [1.54, 1.807) is 0 Å². The number of methoxy groups -OCH3 is 1. The van der Waals surface area contributed by atoms with Crippen LogP contribution in [0.1, 0.15) is 33.3 Å². The van der Waals surface area contributed by atoms with E-state index in [9.17, 15) is 4.79 Å². The molecule has 0 fully saturated rings. The number of halogens is 1. The van der Waals surface area contributed by atoms with Crippen LogP contribution in [0.15, 0.2) is 35.5 Å². The Labute approximate surface area is 160 Å². The van der Waals surface area contributed by atoms with Gasteiger partial charge in [0.05, 0.1) is 7.11 Å². The van der Waals surface area contributed by atoms with Gasteiger partial charge in [0, 0.05) is 9.99 Å². The summed E-state index contributed by atoms with van der Waals surface area (Å²) < 4.78 is 11.7. The van der Waals surface area contributed by atoms with Crippen molar-refractivity contribution in [3.05, 3.63) is 35.9 Å². The van der Waals surface area contributed by atoms with Crippen LogP contribution >= 0.6 is 22.6 Å². The summed E-state index contributed by atoms with van der Waals surface area (Å²) in [5.74, 6) is -0.465. The molecule has 0 amide bonds. The number of carbonyl (C=O) groups excluding carboxylic acids is 1. The third-order valence-electron chi connectivity index (χ3n) is 3.19. The SMILES string of the molecule is COC(=O)CO/N=C(\c1ccccc1)C(C)(CI)O[SiH2]C(C)(C)C. The normalized spacial score (nSPS) is 15.3. The first-order valence-electron chi connectivity index (χ1n) is 7.74. The number of alkyl halides is 1. The Bertz CT molecular complexity index is 559. The number of oxime groups is 1. The Balaban J connectivity index is 3.09. The molecule has 24 heavy (non-hydrogen) atoms. The minimum Gasteiger partial charge on any atom is -0.466 e. The Morgan fingerprint density at radius 2 is 1.83 bits per heavy atom. The van der Waals surface area contributed by atoms with E-state index < -0.39 is 21.3 Å². The molecule has 5 nitrogen and oxygen atoms in total. The van der Waals surface area contributed by atoms with Gasteiger partial charge in [0.15, 0.2) is 9.76 Å². The van der Waals surface area contributed by atoms with Crippen LogP contribution in [0.5, 0.6) is 0 Å². The van der Waals surface area contributed by atoms with Crippen molar-refractivity contribution < 1.29 is 18.8 Å². The van der Waals surface area contributed by atoms with Crippen molar-refractivity contribution >= 4 is 44.0 Å². The van der Waals surface area contributed by atoms with E-state index in [1.807, 2.05) is 37.3 Å². The molecule has 0 aromatic heterocycles. The van der Waals surface area contributed by atoms with E-state index in [1.165, 1.54) is 7.11 Å². The Morgan fingerprint density at radius 3 is 2.33 bits per heavy atom. The minimum absolute atomic E-state index is 0.168. The standard InChI is InChI=1S/C17H26INO4Si/c1-16(2,3)24-23-17(4,12-18)15(13-9-7-6-8-10-13)19-22-11-14(20)21-5/h6-10H,11-12,24H2,1-5H3/b19-15+. The molecule has 0 saturated heterocycles. The van der Waals surface area contributed by atoms with Gasteiger partial charge in [0.2, 0.25) is 6.61 Å². The number of hydrogen-bond donors (Lipinski definition) is 0. The molecule has 134 valence electrons. The van der Waals surface area contributed by atoms with E-state index in [0.29, 0.717) is 5.71 Å². The molecule has 1 atom stereocenters. The maximum absolute atomic E-state index is 11.3. The van der Waals surface area contributed by atoms with E-state index in [0.717, 1.165) is 9.99 Å². The molecule has 0 radical (unpaired) electrons. The van der Waals surface area contributed by atoms with Crippen molar-refractivity contribution in [2.24, 2.45) is 5.16 Å². The van der Waals surface area contributed by atoms with E-state index in [2.05, 4.69) is 53.3 Å². The van der Waals surface area contributed by atoms with Crippen LogP contribution in [-0.2, 0) is 18.8 Å². The lowest BCUT2D eigenvalue weighted by atomic mass is 9.96. The lowest BCUT2D eigenvalue weighted by Crippen LogP contribution is -2.43. The fourth-order valence-electron chi connectivity index (χ4n) is 1.81. The van der Waals surface area contributed by atoms with Gasteiger partial charge in [-0.2, -0.15) is 0 Å². The maximum Gasteiger partial charge on any atom is 0.346 e. The Kier molecular flexibility index (Phi) is 8.38. The number of carbonyl (C=O) groups is 1. The van der Waals surface area contributed by atoms with Gasteiger partial charge in [-0.15, -0.1) is 0 Å². The van der Waals surface area contributed by atoms with Gasteiger partial charge in [-0.05, 0) is 12.0 Å². The highest BCUT2D eigenvalue weighted by Gasteiger charge is 2.34.